The number of anilines is 3. The summed E-state index contributed by atoms with van der Waals surface area (Å²) in [6.07, 6.45) is 9.87. The second kappa shape index (κ2) is 6.72. The van der Waals surface area contributed by atoms with E-state index in [1.165, 1.54) is 6.33 Å². The van der Waals surface area contributed by atoms with Gasteiger partial charge in [0.1, 0.15) is 24.3 Å². The molecule has 0 atom stereocenters. The number of benzene rings is 1. The van der Waals surface area contributed by atoms with Crippen LogP contribution in [-0.2, 0) is 4.79 Å². The molecule has 0 saturated heterocycles. The van der Waals surface area contributed by atoms with Crippen molar-refractivity contribution in [3.63, 3.8) is 0 Å². The second-order valence-electron chi connectivity index (χ2n) is 6.05. The van der Waals surface area contributed by atoms with Gasteiger partial charge in [-0.15, -0.1) is 0 Å². The van der Waals surface area contributed by atoms with Crippen molar-refractivity contribution in [2.24, 2.45) is 5.92 Å². The molecule has 2 aromatic heterocycles. The SMILES string of the molecule is O=C(Nc1ccc(Nc2cc(-n3ccnc3)ncn2)cc1)C1CCC1. The molecule has 7 heteroatoms. The monoisotopic (exact) mass is 334 g/mol. The number of rotatable bonds is 5. The number of amides is 1. The van der Waals surface area contributed by atoms with Gasteiger partial charge < -0.3 is 10.6 Å². The Kier molecular flexibility index (Phi) is 4.12. The van der Waals surface area contributed by atoms with Crippen LogP contribution in [0.1, 0.15) is 19.3 Å². The van der Waals surface area contributed by atoms with Gasteiger partial charge in [-0.2, -0.15) is 0 Å². The van der Waals surface area contributed by atoms with Gasteiger partial charge in [0.2, 0.25) is 5.91 Å². The quantitative estimate of drug-likeness (QED) is 0.749. The fourth-order valence-electron chi connectivity index (χ4n) is 2.65. The summed E-state index contributed by atoms with van der Waals surface area (Å²) in [6.45, 7) is 0. The number of aromatic nitrogens is 4. The summed E-state index contributed by atoms with van der Waals surface area (Å²) in [7, 11) is 0. The third-order valence-corrected chi connectivity index (χ3v) is 4.32. The Labute approximate surface area is 145 Å². The molecule has 2 N–H and O–H groups in total. The first-order chi connectivity index (χ1) is 12.3. The lowest BCUT2D eigenvalue weighted by Gasteiger charge is -2.24. The van der Waals surface area contributed by atoms with Crippen LogP contribution in [0.15, 0.2) is 55.4 Å². The summed E-state index contributed by atoms with van der Waals surface area (Å²) >= 11 is 0. The minimum absolute atomic E-state index is 0.118. The lowest BCUT2D eigenvalue weighted by atomic mass is 9.85. The Morgan fingerprint density at radius 2 is 1.92 bits per heavy atom. The first-order valence-electron chi connectivity index (χ1n) is 8.26. The van der Waals surface area contributed by atoms with Gasteiger partial charge in [0, 0.05) is 35.8 Å². The summed E-state index contributed by atoms with van der Waals surface area (Å²) in [6, 6.07) is 9.44. The molecule has 3 aromatic rings. The van der Waals surface area contributed by atoms with E-state index in [0.717, 1.165) is 36.5 Å². The van der Waals surface area contributed by atoms with E-state index < -0.39 is 0 Å². The molecule has 0 bridgehead atoms. The van der Waals surface area contributed by atoms with E-state index >= 15 is 0 Å². The van der Waals surface area contributed by atoms with Crippen LogP contribution < -0.4 is 10.6 Å². The molecule has 1 aromatic carbocycles. The van der Waals surface area contributed by atoms with Crippen molar-refractivity contribution < 1.29 is 4.79 Å². The normalized spacial score (nSPS) is 13.9. The van der Waals surface area contributed by atoms with Crippen LogP contribution >= 0.6 is 0 Å². The summed E-state index contributed by atoms with van der Waals surface area (Å²) < 4.78 is 1.81. The molecule has 0 aliphatic heterocycles. The predicted molar refractivity (Wildman–Crippen MR) is 94.8 cm³/mol. The maximum Gasteiger partial charge on any atom is 0.227 e. The fourth-order valence-corrected chi connectivity index (χ4v) is 2.65. The van der Waals surface area contributed by atoms with Gasteiger partial charge >= 0.3 is 0 Å². The molecule has 0 radical (unpaired) electrons. The number of hydrogen-bond acceptors (Lipinski definition) is 5. The van der Waals surface area contributed by atoms with Gasteiger partial charge in [0.25, 0.3) is 0 Å². The van der Waals surface area contributed by atoms with E-state index in [1.807, 2.05) is 41.1 Å². The number of nitrogens with zero attached hydrogens (tertiary/aromatic N) is 4. The lowest BCUT2D eigenvalue weighted by Crippen LogP contribution is -2.27. The van der Waals surface area contributed by atoms with Gasteiger partial charge in [-0.25, -0.2) is 15.0 Å². The van der Waals surface area contributed by atoms with Crippen molar-refractivity contribution in [2.75, 3.05) is 10.6 Å². The average molecular weight is 334 g/mol. The Balaban J connectivity index is 1.42. The third-order valence-electron chi connectivity index (χ3n) is 4.32. The number of carbonyl (C=O) groups is 1. The van der Waals surface area contributed by atoms with E-state index in [9.17, 15) is 4.79 Å². The number of carbonyl (C=O) groups excluding carboxylic acids is 1. The minimum atomic E-state index is 0.118. The van der Waals surface area contributed by atoms with Crippen LogP contribution in [0.25, 0.3) is 5.82 Å². The van der Waals surface area contributed by atoms with E-state index in [0.29, 0.717) is 5.82 Å². The Morgan fingerprint density at radius 3 is 2.60 bits per heavy atom. The zero-order chi connectivity index (χ0) is 17.1. The highest BCUT2D eigenvalue weighted by Crippen LogP contribution is 2.28. The van der Waals surface area contributed by atoms with Crippen LogP contribution in [0.3, 0.4) is 0 Å². The molecule has 1 aliphatic rings. The van der Waals surface area contributed by atoms with Crippen LogP contribution in [-0.4, -0.2) is 25.4 Å². The third kappa shape index (κ3) is 3.50. The maximum absolute atomic E-state index is 12.0. The average Bonchev–Trinajstić information content (AvgIpc) is 3.10. The van der Waals surface area contributed by atoms with Crippen molar-refractivity contribution in [1.82, 2.24) is 19.5 Å². The van der Waals surface area contributed by atoms with Gasteiger partial charge in [-0.05, 0) is 37.1 Å². The van der Waals surface area contributed by atoms with E-state index in [-0.39, 0.29) is 11.8 Å². The lowest BCUT2D eigenvalue weighted by molar-refractivity contribution is -0.122. The number of hydrogen-bond donors (Lipinski definition) is 2. The van der Waals surface area contributed by atoms with E-state index in [2.05, 4.69) is 25.6 Å². The van der Waals surface area contributed by atoms with Gasteiger partial charge in [-0.3, -0.25) is 9.36 Å². The number of imidazole rings is 1. The van der Waals surface area contributed by atoms with Crippen LogP contribution in [0, 0.1) is 5.92 Å². The Hall–Kier alpha value is -3.22. The summed E-state index contributed by atoms with van der Waals surface area (Å²) in [5, 5.41) is 6.19. The molecule has 1 aliphatic carbocycles. The largest absolute Gasteiger partial charge is 0.340 e. The molecule has 126 valence electrons. The fraction of sp³-hybridized carbons (Fsp3) is 0.222. The first-order valence-corrected chi connectivity index (χ1v) is 8.26. The molecule has 1 saturated carbocycles. The highest BCUT2D eigenvalue weighted by Gasteiger charge is 2.24. The molecule has 0 unspecified atom stereocenters. The van der Waals surface area contributed by atoms with Crippen LogP contribution in [0.5, 0.6) is 0 Å². The van der Waals surface area contributed by atoms with Crippen molar-refractivity contribution in [3.05, 3.63) is 55.4 Å². The summed E-state index contributed by atoms with van der Waals surface area (Å²) in [5.74, 6) is 1.72. The molecule has 2 heterocycles. The molecule has 1 amide bonds. The molecule has 25 heavy (non-hydrogen) atoms. The molecular weight excluding hydrogens is 316 g/mol. The van der Waals surface area contributed by atoms with E-state index in [1.54, 1.807) is 12.5 Å². The number of nitrogens with one attached hydrogen (secondary N) is 2. The standard InChI is InChI=1S/C18H18N6O/c25-18(13-2-1-3-13)23-15-6-4-14(5-7-15)22-16-10-17(21-11-20-16)24-9-8-19-12-24/h4-13H,1-3H2,(H,23,25)(H,20,21,22). The van der Waals surface area contributed by atoms with Crippen molar-refractivity contribution in [1.29, 1.82) is 0 Å². The van der Waals surface area contributed by atoms with Crippen molar-refractivity contribution in [3.8, 4) is 5.82 Å². The van der Waals surface area contributed by atoms with Gasteiger partial charge in [0.15, 0.2) is 0 Å². The second-order valence-corrected chi connectivity index (χ2v) is 6.05. The molecule has 1 fully saturated rings. The molecule has 0 spiro atoms. The maximum atomic E-state index is 12.0. The molecular formula is C18H18N6O. The van der Waals surface area contributed by atoms with Gasteiger partial charge in [-0.1, -0.05) is 6.42 Å². The van der Waals surface area contributed by atoms with Crippen molar-refractivity contribution >= 4 is 23.1 Å². The minimum Gasteiger partial charge on any atom is -0.340 e. The predicted octanol–water partition coefficient (Wildman–Crippen LogP) is 3.14. The summed E-state index contributed by atoms with van der Waals surface area (Å²) in [5.41, 5.74) is 1.70. The van der Waals surface area contributed by atoms with E-state index in [4.69, 9.17) is 0 Å². The Bertz CT molecular complexity index is 856. The topological polar surface area (TPSA) is 84.7 Å². The zero-order valence-corrected chi connectivity index (χ0v) is 13.6. The summed E-state index contributed by atoms with van der Waals surface area (Å²) in [4.78, 5) is 24.4. The van der Waals surface area contributed by atoms with Crippen molar-refractivity contribution in [2.45, 2.75) is 19.3 Å². The van der Waals surface area contributed by atoms with Crippen LogP contribution in [0.4, 0.5) is 17.2 Å². The van der Waals surface area contributed by atoms with Crippen LogP contribution in [0.2, 0.25) is 0 Å². The molecule has 4 rings (SSSR count). The first kappa shape index (κ1) is 15.3. The zero-order valence-electron chi connectivity index (χ0n) is 13.6. The highest BCUT2D eigenvalue weighted by molar-refractivity contribution is 5.93. The van der Waals surface area contributed by atoms with Gasteiger partial charge in [0.05, 0.1) is 0 Å². The highest BCUT2D eigenvalue weighted by atomic mass is 16.1. The smallest absolute Gasteiger partial charge is 0.227 e. The molecule has 7 nitrogen and oxygen atoms in total. The Morgan fingerprint density at radius 1 is 1.12 bits per heavy atom.